The molecule has 2 aromatic carbocycles. The number of hydrogen-bond acceptors (Lipinski definition) is 5. The normalized spacial score (nSPS) is 15.9. The molecule has 8 heteroatoms. The van der Waals surface area contributed by atoms with Crippen molar-refractivity contribution < 1.29 is 23.8 Å². The van der Waals surface area contributed by atoms with Crippen LogP contribution >= 0.6 is 11.6 Å². The predicted octanol–water partition coefficient (Wildman–Crippen LogP) is 3.75. The van der Waals surface area contributed by atoms with Gasteiger partial charge < -0.3 is 24.4 Å². The molecule has 1 saturated heterocycles. The van der Waals surface area contributed by atoms with Crippen LogP contribution in [0.3, 0.4) is 0 Å². The molecule has 2 aromatic rings. The van der Waals surface area contributed by atoms with Gasteiger partial charge in [-0.3, -0.25) is 9.59 Å². The fourth-order valence-corrected chi connectivity index (χ4v) is 3.45. The van der Waals surface area contributed by atoms with Gasteiger partial charge in [0.1, 0.15) is 17.2 Å². The van der Waals surface area contributed by atoms with E-state index in [4.69, 9.17) is 25.8 Å². The minimum atomic E-state index is -0.486. The van der Waals surface area contributed by atoms with Crippen LogP contribution in [0.15, 0.2) is 36.4 Å². The highest BCUT2D eigenvalue weighted by molar-refractivity contribution is 6.32. The summed E-state index contributed by atoms with van der Waals surface area (Å²) >= 11 is 6.22. The van der Waals surface area contributed by atoms with Crippen LogP contribution in [0.5, 0.6) is 17.2 Å². The summed E-state index contributed by atoms with van der Waals surface area (Å²) in [6.45, 7) is 2.72. The van der Waals surface area contributed by atoms with Gasteiger partial charge in [-0.2, -0.15) is 0 Å². The molecule has 7 nitrogen and oxygen atoms in total. The van der Waals surface area contributed by atoms with E-state index < -0.39 is 5.92 Å². The third-order valence-electron chi connectivity index (χ3n) is 4.67. The zero-order valence-corrected chi connectivity index (χ0v) is 17.3. The summed E-state index contributed by atoms with van der Waals surface area (Å²) in [5, 5.41) is 3.21. The molecule has 0 spiro atoms. The monoisotopic (exact) mass is 418 g/mol. The van der Waals surface area contributed by atoms with E-state index in [1.807, 2.05) is 6.92 Å². The average molecular weight is 419 g/mol. The van der Waals surface area contributed by atoms with Crippen molar-refractivity contribution in [2.45, 2.75) is 13.3 Å². The summed E-state index contributed by atoms with van der Waals surface area (Å²) in [5.41, 5.74) is 1.16. The number of methoxy groups -OCH3 is 2. The minimum absolute atomic E-state index is 0.107. The quantitative estimate of drug-likeness (QED) is 0.741. The van der Waals surface area contributed by atoms with Gasteiger partial charge in [-0.1, -0.05) is 11.6 Å². The van der Waals surface area contributed by atoms with Gasteiger partial charge in [-0.25, -0.2) is 0 Å². The number of carbonyl (C=O) groups is 2. The molecule has 2 amide bonds. The zero-order valence-electron chi connectivity index (χ0n) is 16.5. The summed E-state index contributed by atoms with van der Waals surface area (Å²) in [6.07, 6.45) is 0.107. The molecule has 154 valence electrons. The number of hydrogen-bond donors (Lipinski definition) is 1. The van der Waals surface area contributed by atoms with Crippen molar-refractivity contribution in [3.05, 3.63) is 41.4 Å². The Morgan fingerprint density at radius 2 is 1.86 bits per heavy atom. The van der Waals surface area contributed by atoms with Gasteiger partial charge >= 0.3 is 0 Å². The average Bonchev–Trinajstić information content (AvgIpc) is 3.11. The lowest BCUT2D eigenvalue weighted by molar-refractivity contribution is -0.122. The van der Waals surface area contributed by atoms with Crippen molar-refractivity contribution in [1.29, 1.82) is 0 Å². The lowest BCUT2D eigenvalue weighted by Crippen LogP contribution is -2.28. The fourth-order valence-electron chi connectivity index (χ4n) is 3.22. The van der Waals surface area contributed by atoms with Gasteiger partial charge in [0, 0.05) is 24.7 Å². The number of carbonyl (C=O) groups excluding carboxylic acids is 2. The van der Waals surface area contributed by atoms with Crippen LogP contribution < -0.4 is 24.4 Å². The summed E-state index contributed by atoms with van der Waals surface area (Å²) in [6, 6.07) is 10.3. The Kier molecular flexibility index (Phi) is 6.49. The van der Waals surface area contributed by atoms with Gasteiger partial charge in [0.05, 0.1) is 37.5 Å². The molecule has 1 heterocycles. The number of benzene rings is 2. The second-order valence-corrected chi connectivity index (χ2v) is 6.92. The summed E-state index contributed by atoms with van der Waals surface area (Å²) in [4.78, 5) is 26.8. The molecule has 1 N–H and O–H groups in total. The molecule has 0 radical (unpaired) electrons. The molecule has 1 atom stereocenters. The Labute approximate surface area is 174 Å². The molecule has 1 aliphatic heterocycles. The van der Waals surface area contributed by atoms with E-state index in [2.05, 4.69) is 5.32 Å². The highest BCUT2D eigenvalue weighted by Gasteiger charge is 2.36. The van der Waals surface area contributed by atoms with Gasteiger partial charge in [0.2, 0.25) is 11.8 Å². The number of amides is 2. The van der Waals surface area contributed by atoms with Crippen LogP contribution in [0, 0.1) is 5.92 Å². The van der Waals surface area contributed by atoms with E-state index in [0.29, 0.717) is 34.5 Å². The van der Waals surface area contributed by atoms with Crippen molar-refractivity contribution in [1.82, 2.24) is 0 Å². The maximum Gasteiger partial charge on any atom is 0.229 e. The van der Waals surface area contributed by atoms with Gasteiger partial charge in [0.15, 0.2) is 0 Å². The largest absolute Gasteiger partial charge is 0.495 e. The fraction of sp³-hybridized carbons (Fsp3) is 0.333. The third-order valence-corrected chi connectivity index (χ3v) is 4.97. The SMILES string of the molecule is CCOc1ccc(NC(=O)[C@@H]2CC(=O)N(c3cc(Cl)c(OC)cc3OC)C2)cc1. The molecule has 0 aliphatic carbocycles. The van der Waals surface area contributed by atoms with Gasteiger partial charge in [-0.05, 0) is 37.3 Å². The Bertz CT molecular complexity index is 901. The molecular formula is C21H23ClN2O5. The van der Waals surface area contributed by atoms with Crippen molar-refractivity contribution >= 4 is 34.8 Å². The molecule has 29 heavy (non-hydrogen) atoms. The van der Waals surface area contributed by atoms with E-state index >= 15 is 0 Å². The molecule has 0 aromatic heterocycles. The van der Waals surface area contributed by atoms with Crippen LogP contribution in [0.1, 0.15) is 13.3 Å². The van der Waals surface area contributed by atoms with Crippen molar-refractivity contribution in [2.24, 2.45) is 5.92 Å². The third kappa shape index (κ3) is 4.56. The molecule has 1 fully saturated rings. The number of ether oxygens (including phenoxy) is 3. The topological polar surface area (TPSA) is 77.1 Å². The molecule has 0 saturated carbocycles. The van der Waals surface area contributed by atoms with E-state index in [1.165, 1.54) is 19.1 Å². The van der Waals surface area contributed by atoms with Gasteiger partial charge in [0.25, 0.3) is 0 Å². The van der Waals surface area contributed by atoms with Crippen LogP contribution in [-0.4, -0.2) is 39.2 Å². The predicted molar refractivity (Wildman–Crippen MR) is 111 cm³/mol. The maximum absolute atomic E-state index is 12.7. The first-order valence-corrected chi connectivity index (χ1v) is 9.60. The highest BCUT2D eigenvalue weighted by Crippen LogP contribution is 2.40. The standard InChI is InChI=1S/C21H23ClN2O5/c1-4-29-15-7-5-14(6-8-15)23-21(26)13-9-20(25)24(12-13)17-10-16(22)18(27-2)11-19(17)28-3/h5-8,10-11,13H,4,9,12H2,1-3H3,(H,23,26)/t13-/m1/s1. The number of rotatable bonds is 7. The van der Waals surface area contributed by atoms with Crippen LogP contribution in [0.25, 0.3) is 0 Å². The molecule has 1 aliphatic rings. The molecule has 0 unspecified atom stereocenters. The van der Waals surface area contributed by atoms with E-state index in [0.717, 1.165) is 5.75 Å². The first-order chi connectivity index (χ1) is 14.0. The number of anilines is 2. The number of halogens is 1. The number of nitrogens with zero attached hydrogens (tertiary/aromatic N) is 1. The highest BCUT2D eigenvalue weighted by atomic mass is 35.5. The van der Waals surface area contributed by atoms with E-state index in [-0.39, 0.29) is 24.8 Å². The van der Waals surface area contributed by atoms with Crippen molar-refractivity contribution in [3.8, 4) is 17.2 Å². The number of nitrogens with one attached hydrogen (secondary N) is 1. The van der Waals surface area contributed by atoms with Crippen molar-refractivity contribution in [3.63, 3.8) is 0 Å². The Hall–Kier alpha value is -2.93. The van der Waals surface area contributed by atoms with Crippen molar-refractivity contribution in [2.75, 3.05) is 37.6 Å². The first kappa shape index (κ1) is 20.8. The Morgan fingerprint density at radius 1 is 1.17 bits per heavy atom. The van der Waals surface area contributed by atoms with Gasteiger partial charge in [-0.15, -0.1) is 0 Å². The minimum Gasteiger partial charge on any atom is -0.495 e. The maximum atomic E-state index is 12.7. The van der Waals surface area contributed by atoms with Crippen LogP contribution in [-0.2, 0) is 9.59 Å². The summed E-state index contributed by atoms with van der Waals surface area (Å²) < 4.78 is 16.0. The Morgan fingerprint density at radius 3 is 2.48 bits per heavy atom. The molecule has 3 rings (SSSR count). The smallest absolute Gasteiger partial charge is 0.229 e. The second kappa shape index (κ2) is 9.05. The molecular weight excluding hydrogens is 396 g/mol. The van der Waals surface area contributed by atoms with Crippen LogP contribution in [0.4, 0.5) is 11.4 Å². The lowest BCUT2D eigenvalue weighted by atomic mass is 10.1. The van der Waals surface area contributed by atoms with E-state index in [1.54, 1.807) is 36.4 Å². The first-order valence-electron chi connectivity index (χ1n) is 9.22. The zero-order chi connectivity index (χ0) is 21.0. The van der Waals surface area contributed by atoms with E-state index in [9.17, 15) is 9.59 Å². The molecule has 0 bridgehead atoms. The summed E-state index contributed by atoms with van der Waals surface area (Å²) in [5.74, 6) is 0.756. The Balaban J connectivity index is 1.73. The summed E-state index contributed by atoms with van der Waals surface area (Å²) in [7, 11) is 3.01. The van der Waals surface area contributed by atoms with Crippen LogP contribution in [0.2, 0.25) is 5.02 Å². The second-order valence-electron chi connectivity index (χ2n) is 6.51. The lowest BCUT2D eigenvalue weighted by Gasteiger charge is -2.21.